The van der Waals surface area contributed by atoms with Crippen molar-refractivity contribution < 1.29 is 23.9 Å². The van der Waals surface area contributed by atoms with Crippen LogP contribution in [0.5, 0.6) is 0 Å². The predicted octanol–water partition coefficient (Wildman–Crippen LogP) is 0.405. The van der Waals surface area contributed by atoms with E-state index in [0.29, 0.717) is 19.8 Å². The molecular weight excluding hydrogens is 370 g/mol. The van der Waals surface area contributed by atoms with E-state index >= 15 is 0 Å². The lowest BCUT2D eigenvalue weighted by molar-refractivity contribution is -0.138. The van der Waals surface area contributed by atoms with Crippen molar-refractivity contribution in [2.24, 2.45) is 0 Å². The van der Waals surface area contributed by atoms with E-state index in [0.717, 1.165) is 18.7 Å². The van der Waals surface area contributed by atoms with Crippen LogP contribution in [0.3, 0.4) is 0 Å². The molecule has 0 aromatic rings. The third kappa shape index (κ3) is 9.05. The number of hydrogen-bond acceptors (Lipinski definition) is 7. The molecule has 1 aliphatic rings. The molecule has 1 atom stereocenters. The Labute approximate surface area is 166 Å². The quantitative estimate of drug-likeness (QED) is 0.320. The van der Waals surface area contributed by atoms with Gasteiger partial charge in [-0.3, -0.25) is 19.3 Å². The summed E-state index contributed by atoms with van der Waals surface area (Å²) < 4.78 is 10.7. The highest BCUT2D eigenvalue weighted by Crippen LogP contribution is 2.25. The van der Waals surface area contributed by atoms with Gasteiger partial charge in [0.1, 0.15) is 0 Å². The average molecular weight is 404 g/mol. The van der Waals surface area contributed by atoms with Crippen molar-refractivity contribution in [1.82, 2.24) is 15.5 Å². The molecular formula is C18H33N3O5S. The summed E-state index contributed by atoms with van der Waals surface area (Å²) in [7, 11) is 3.49. The zero-order valence-electron chi connectivity index (χ0n) is 16.8. The first kappa shape index (κ1) is 23.9. The SMILES string of the molecule is CNCCCSC1CC(=O)N(CCC(=O)NCCOC(C)(C)COC)C1=O. The van der Waals surface area contributed by atoms with Crippen molar-refractivity contribution in [3.63, 3.8) is 0 Å². The number of ether oxygens (including phenoxy) is 2. The minimum Gasteiger partial charge on any atom is -0.382 e. The molecule has 0 spiro atoms. The molecule has 8 nitrogen and oxygen atoms in total. The zero-order chi connectivity index (χ0) is 20.3. The molecule has 1 rings (SSSR count). The fourth-order valence-electron chi connectivity index (χ4n) is 2.70. The molecule has 3 amide bonds. The van der Waals surface area contributed by atoms with E-state index in [1.54, 1.807) is 7.11 Å². The lowest BCUT2D eigenvalue weighted by Crippen LogP contribution is -2.37. The number of amides is 3. The number of carbonyl (C=O) groups excluding carboxylic acids is 3. The number of nitrogens with one attached hydrogen (secondary N) is 2. The molecule has 0 bridgehead atoms. The molecule has 156 valence electrons. The van der Waals surface area contributed by atoms with Gasteiger partial charge in [-0.1, -0.05) is 0 Å². The van der Waals surface area contributed by atoms with Gasteiger partial charge in [0.2, 0.25) is 17.7 Å². The van der Waals surface area contributed by atoms with E-state index < -0.39 is 5.60 Å². The minimum absolute atomic E-state index is 0.107. The van der Waals surface area contributed by atoms with Gasteiger partial charge in [-0.05, 0) is 39.6 Å². The van der Waals surface area contributed by atoms with E-state index in [-0.39, 0.29) is 42.4 Å². The van der Waals surface area contributed by atoms with Crippen molar-refractivity contribution >= 4 is 29.5 Å². The molecule has 0 aliphatic carbocycles. The summed E-state index contributed by atoms with van der Waals surface area (Å²) in [4.78, 5) is 37.5. The number of carbonyl (C=O) groups is 3. The summed E-state index contributed by atoms with van der Waals surface area (Å²) in [6.07, 6.45) is 1.29. The van der Waals surface area contributed by atoms with Crippen molar-refractivity contribution in [2.45, 2.75) is 44.0 Å². The second-order valence-electron chi connectivity index (χ2n) is 7.05. The second-order valence-corrected chi connectivity index (χ2v) is 8.36. The zero-order valence-corrected chi connectivity index (χ0v) is 17.7. The van der Waals surface area contributed by atoms with E-state index in [9.17, 15) is 14.4 Å². The summed E-state index contributed by atoms with van der Waals surface area (Å²) in [6, 6.07) is 0. The van der Waals surface area contributed by atoms with Crippen LogP contribution in [0.2, 0.25) is 0 Å². The van der Waals surface area contributed by atoms with E-state index in [1.165, 1.54) is 16.7 Å². The Morgan fingerprint density at radius 2 is 2.07 bits per heavy atom. The molecule has 2 N–H and O–H groups in total. The van der Waals surface area contributed by atoms with Crippen molar-refractivity contribution in [2.75, 3.05) is 52.8 Å². The molecule has 1 heterocycles. The van der Waals surface area contributed by atoms with Crippen LogP contribution in [0, 0.1) is 0 Å². The van der Waals surface area contributed by atoms with Crippen LogP contribution in [0.25, 0.3) is 0 Å². The van der Waals surface area contributed by atoms with Gasteiger partial charge >= 0.3 is 0 Å². The lowest BCUT2D eigenvalue weighted by atomic mass is 10.1. The minimum atomic E-state index is -0.409. The topological polar surface area (TPSA) is 97.0 Å². The molecule has 0 aromatic heterocycles. The van der Waals surface area contributed by atoms with Crippen LogP contribution in [-0.2, 0) is 23.9 Å². The third-order valence-corrected chi connectivity index (χ3v) is 5.36. The maximum Gasteiger partial charge on any atom is 0.242 e. The Morgan fingerprint density at radius 3 is 2.74 bits per heavy atom. The molecule has 27 heavy (non-hydrogen) atoms. The highest BCUT2D eigenvalue weighted by Gasteiger charge is 2.38. The van der Waals surface area contributed by atoms with Crippen LogP contribution in [0.4, 0.5) is 0 Å². The van der Waals surface area contributed by atoms with Crippen LogP contribution >= 0.6 is 11.8 Å². The molecule has 1 aliphatic heterocycles. The maximum absolute atomic E-state index is 12.3. The van der Waals surface area contributed by atoms with Gasteiger partial charge < -0.3 is 20.1 Å². The Bertz CT molecular complexity index is 501. The fourth-order valence-corrected chi connectivity index (χ4v) is 3.83. The van der Waals surface area contributed by atoms with Gasteiger partial charge in [0.15, 0.2) is 0 Å². The lowest BCUT2D eigenvalue weighted by Gasteiger charge is -2.24. The van der Waals surface area contributed by atoms with Crippen LogP contribution in [0.15, 0.2) is 0 Å². The summed E-state index contributed by atoms with van der Waals surface area (Å²) in [6.45, 7) is 6.05. The number of thioether (sulfide) groups is 1. The van der Waals surface area contributed by atoms with Crippen LogP contribution in [0.1, 0.15) is 33.1 Å². The summed E-state index contributed by atoms with van der Waals surface area (Å²) >= 11 is 1.52. The van der Waals surface area contributed by atoms with Gasteiger partial charge in [0.25, 0.3) is 0 Å². The van der Waals surface area contributed by atoms with Gasteiger partial charge in [0.05, 0.1) is 24.1 Å². The summed E-state index contributed by atoms with van der Waals surface area (Å²) in [5.41, 5.74) is -0.409. The number of methoxy groups -OCH3 is 1. The molecule has 9 heteroatoms. The highest BCUT2D eigenvalue weighted by atomic mass is 32.2. The number of nitrogens with zero attached hydrogens (tertiary/aromatic N) is 1. The first-order valence-corrected chi connectivity index (χ1v) is 10.4. The monoisotopic (exact) mass is 403 g/mol. The average Bonchev–Trinajstić information content (AvgIpc) is 2.87. The molecule has 1 unspecified atom stereocenters. The molecule has 0 aromatic carbocycles. The largest absolute Gasteiger partial charge is 0.382 e. The first-order chi connectivity index (χ1) is 12.8. The molecule has 0 saturated carbocycles. The van der Waals surface area contributed by atoms with Crippen molar-refractivity contribution in [3.05, 3.63) is 0 Å². The van der Waals surface area contributed by atoms with Gasteiger partial charge in [0, 0.05) is 33.0 Å². The maximum atomic E-state index is 12.3. The van der Waals surface area contributed by atoms with E-state index in [4.69, 9.17) is 9.47 Å². The number of rotatable bonds is 14. The predicted molar refractivity (Wildman–Crippen MR) is 106 cm³/mol. The van der Waals surface area contributed by atoms with Crippen LogP contribution in [-0.4, -0.2) is 86.2 Å². The van der Waals surface area contributed by atoms with E-state index in [2.05, 4.69) is 10.6 Å². The number of imide groups is 1. The Hall–Kier alpha value is -1.16. The molecule has 1 saturated heterocycles. The molecule has 1 fully saturated rings. The fraction of sp³-hybridized carbons (Fsp3) is 0.833. The normalized spacial score (nSPS) is 17.6. The smallest absolute Gasteiger partial charge is 0.242 e. The summed E-state index contributed by atoms with van der Waals surface area (Å²) in [5.74, 6) is 0.266. The van der Waals surface area contributed by atoms with Gasteiger partial charge in [-0.2, -0.15) is 0 Å². The second kappa shape index (κ2) is 12.3. The first-order valence-electron chi connectivity index (χ1n) is 9.30. The molecule has 0 radical (unpaired) electrons. The number of hydrogen-bond donors (Lipinski definition) is 2. The standard InChI is InChI=1S/C18H33N3O5S/c1-18(2,13-25-4)26-10-8-20-15(22)6-9-21-16(23)12-14(17(21)24)27-11-5-7-19-3/h14,19H,5-13H2,1-4H3,(H,20,22). The Balaban J connectivity index is 2.24. The van der Waals surface area contributed by atoms with Gasteiger partial charge in [-0.15, -0.1) is 11.8 Å². The number of likely N-dealkylation sites (tertiary alicyclic amines) is 1. The van der Waals surface area contributed by atoms with Crippen LogP contribution < -0.4 is 10.6 Å². The summed E-state index contributed by atoms with van der Waals surface area (Å²) in [5, 5.41) is 5.49. The Morgan fingerprint density at radius 1 is 1.33 bits per heavy atom. The highest BCUT2D eigenvalue weighted by molar-refractivity contribution is 8.00. The third-order valence-electron chi connectivity index (χ3n) is 4.06. The van der Waals surface area contributed by atoms with E-state index in [1.807, 2.05) is 20.9 Å². The van der Waals surface area contributed by atoms with Crippen molar-refractivity contribution in [3.8, 4) is 0 Å². The van der Waals surface area contributed by atoms with Crippen molar-refractivity contribution in [1.29, 1.82) is 0 Å². The Kier molecular flexibility index (Phi) is 10.9. The van der Waals surface area contributed by atoms with Gasteiger partial charge in [-0.25, -0.2) is 0 Å².